The van der Waals surface area contributed by atoms with E-state index in [-0.39, 0.29) is 5.96 Å². The van der Waals surface area contributed by atoms with Gasteiger partial charge in [0.05, 0.1) is 16.3 Å². The largest absolute Gasteiger partial charge is 0.368 e. The first-order valence-corrected chi connectivity index (χ1v) is 5.17. The lowest BCUT2D eigenvalue weighted by molar-refractivity contribution is 0.629. The van der Waals surface area contributed by atoms with E-state index in [0.717, 1.165) is 0 Å². The maximum absolute atomic E-state index is 6.06. The third-order valence-corrected chi connectivity index (χ3v) is 2.95. The summed E-state index contributed by atoms with van der Waals surface area (Å²) in [5.74, 6) is 0.126. The van der Waals surface area contributed by atoms with Crippen molar-refractivity contribution < 1.29 is 0 Å². The Hall–Kier alpha value is -1.30. The molecule has 1 aromatic carbocycles. The van der Waals surface area contributed by atoms with Crippen LogP contribution in [0.5, 0.6) is 0 Å². The number of hydrazone groups is 1. The van der Waals surface area contributed by atoms with E-state index in [4.69, 9.17) is 34.7 Å². The summed E-state index contributed by atoms with van der Waals surface area (Å²) in [5.41, 5.74) is 13.4. The average Bonchev–Trinajstić information content (AvgIpc) is 2.21. The zero-order valence-corrected chi connectivity index (χ0v) is 9.63. The number of hydrogen-bond donors (Lipinski definition) is 3. The van der Waals surface area contributed by atoms with Crippen LogP contribution in [0.15, 0.2) is 28.3 Å². The van der Waals surface area contributed by atoms with Gasteiger partial charge in [0, 0.05) is 5.56 Å². The van der Waals surface area contributed by atoms with Crippen molar-refractivity contribution in [3.05, 3.63) is 33.8 Å². The van der Waals surface area contributed by atoms with E-state index in [9.17, 15) is 0 Å². The molecular weight excluding hydrogens is 249 g/mol. The molecule has 0 amide bonds. The normalized spacial score (nSPS) is 23.8. The molecule has 0 fully saturated rings. The molecule has 1 aromatic rings. The van der Waals surface area contributed by atoms with Crippen LogP contribution in [-0.2, 0) is 5.66 Å². The fourth-order valence-electron chi connectivity index (χ4n) is 1.39. The van der Waals surface area contributed by atoms with Gasteiger partial charge in [-0.2, -0.15) is 5.10 Å². The van der Waals surface area contributed by atoms with E-state index in [1.807, 2.05) is 0 Å². The van der Waals surface area contributed by atoms with Crippen LogP contribution in [-0.4, -0.2) is 12.2 Å². The van der Waals surface area contributed by atoms with E-state index < -0.39 is 5.66 Å². The van der Waals surface area contributed by atoms with E-state index in [0.29, 0.717) is 15.6 Å². The molecule has 16 heavy (non-hydrogen) atoms. The van der Waals surface area contributed by atoms with Crippen molar-refractivity contribution in [3.8, 4) is 0 Å². The highest BCUT2D eigenvalue weighted by atomic mass is 35.5. The monoisotopic (exact) mass is 257 g/mol. The molecule has 5 N–H and O–H groups in total. The Labute approximate surface area is 102 Å². The number of hydrogen-bond acceptors (Lipinski definition) is 5. The van der Waals surface area contributed by atoms with Crippen molar-refractivity contribution >= 4 is 35.4 Å². The quantitative estimate of drug-likeness (QED) is 0.702. The lowest BCUT2D eigenvalue weighted by Gasteiger charge is -2.25. The summed E-state index contributed by atoms with van der Waals surface area (Å²) >= 11 is 12.0. The van der Waals surface area contributed by atoms with Crippen molar-refractivity contribution in [2.45, 2.75) is 5.66 Å². The van der Waals surface area contributed by atoms with Gasteiger partial charge >= 0.3 is 0 Å². The number of guanidine groups is 1. The van der Waals surface area contributed by atoms with Gasteiger partial charge in [0.1, 0.15) is 0 Å². The van der Waals surface area contributed by atoms with Gasteiger partial charge in [0.25, 0.3) is 0 Å². The number of nitrogens with one attached hydrogen (secondary N) is 1. The molecule has 1 aliphatic rings. The molecule has 0 bridgehead atoms. The van der Waals surface area contributed by atoms with E-state index in [2.05, 4.69) is 15.5 Å². The summed E-state index contributed by atoms with van der Waals surface area (Å²) in [6, 6.07) is 5.13. The minimum absolute atomic E-state index is 0.126. The number of aliphatic imine (C=N–C) groups is 1. The molecule has 0 saturated heterocycles. The van der Waals surface area contributed by atoms with Crippen molar-refractivity contribution in [1.82, 2.24) is 5.43 Å². The summed E-state index contributed by atoms with van der Waals surface area (Å²) in [6.07, 6.45) is 1.42. The third kappa shape index (κ3) is 1.84. The Bertz CT molecular complexity index is 485. The van der Waals surface area contributed by atoms with E-state index in [1.165, 1.54) is 6.21 Å². The predicted molar refractivity (Wildman–Crippen MR) is 65.6 cm³/mol. The van der Waals surface area contributed by atoms with Crippen molar-refractivity contribution in [3.63, 3.8) is 0 Å². The van der Waals surface area contributed by atoms with Crippen LogP contribution in [0.4, 0.5) is 0 Å². The molecule has 2 rings (SSSR count). The lowest BCUT2D eigenvalue weighted by atomic mass is 10.0. The zero-order chi connectivity index (χ0) is 11.8. The SMILES string of the molecule is NC1=NC(N)(c2cccc(Cl)c2Cl)C=NN1. The minimum Gasteiger partial charge on any atom is -0.368 e. The van der Waals surface area contributed by atoms with Gasteiger partial charge in [-0.05, 0) is 6.07 Å². The molecule has 0 radical (unpaired) electrons. The predicted octanol–water partition coefficient (Wildman–Crippen LogP) is 1.01. The van der Waals surface area contributed by atoms with Crippen LogP contribution < -0.4 is 16.9 Å². The Balaban J connectivity index is 2.55. The zero-order valence-electron chi connectivity index (χ0n) is 8.11. The highest BCUT2D eigenvalue weighted by Crippen LogP contribution is 2.32. The van der Waals surface area contributed by atoms with Crippen LogP contribution in [0, 0.1) is 0 Å². The Morgan fingerprint density at radius 3 is 2.75 bits per heavy atom. The number of halogens is 2. The summed E-state index contributed by atoms with van der Waals surface area (Å²) < 4.78 is 0. The number of benzene rings is 1. The molecule has 1 unspecified atom stereocenters. The van der Waals surface area contributed by atoms with Crippen molar-refractivity contribution in [2.75, 3.05) is 0 Å². The van der Waals surface area contributed by atoms with Gasteiger partial charge in [-0.3, -0.25) is 5.73 Å². The van der Waals surface area contributed by atoms with Gasteiger partial charge < -0.3 is 5.73 Å². The summed E-state index contributed by atoms with van der Waals surface area (Å²) in [4.78, 5) is 4.06. The molecule has 0 aliphatic carbocycles. The van der Waals surface area contributed by atoms with E-state index in [1.54, 1.807) is 18.2 Å². The molecule has 84 valence electrons. The first kappa shape index (κ1) is 11.2. The molecule has 1 heterocycles. The van der Waals surface area contributed by atoms with Gasteiger partial charge in [0.15, 0.2) is 5.66 Å². The molecule has 5 nitrogen and oxygen atoms in total. The minimum atomic E-state index is -1.18. The summed E-state index contributed by atoms with van der Waals surface area (Å²) in [5, 5.41) is 4.55. The fraction of sp³-hybridized carbons (Fsp3) is 0.111. The molecule has 0 spiro atoms. The summed E-state index contributed by atoms with van der Waals surface area (Å²) in [7, 11) is 0. The Kier molecular flexibility index (Phi) is 2.75. The van der Waals surface area contributed by atoms with Crippen molar-refractivity contribution in [1.29, 1.82) is 0 Å². The third-order valence-electron chi connectivity index (χ3n) is 2.13. The first-order chi connectivity index (χ1) is 7.53. The van der Waals surface area contributed by atoms with Crippen LogP contribution in [0.25, 0.3) is 0 Å². The second-order valence-corrected chi connectivity index (χ2v) is 4.08. The van der Waals surface area contributed by atoms with Crippen LogP contribution in [0.3, 0.4) is 0 Å². The number of nitrogens with zero attached hydrogens (tertiary/aromatic N) is 2. The van der Waals surface area contributed by atoms with Gasteiger partial charge in [-0.25, -0.2) is 10.4 Å². The molecule has 1 atom stereocenters. The molecule has 1 aliphatic heterocycles. The first-order valence-electron chi connectivity index (χ1n) is 4.42. The molecule has 0 saturated carbocycles. The Morgan fingerprint density at radius 1 is 1.31 bits per heavy atom. The highest BCUT2D eigenvalue weighted by molar-refractivity contribution is 6.42. The lowest BCUT2D eigenvalue weighted by Crippen LogP contribution is -2.45. The average molecular weight is 258 g/mol. The second kappa shape index (κ2) is 3.93. The molecular formula is C9H9Cl2N5. The maximum Gasteiger partial charge on any atom is 0.212 e. The van der Waals surface area contributed by atoms with E-state index >= 15 is 0 Å². The topological polar surface area (TPSA) is 88.8 Å². The van der Waals surface area contributed by atoms with Crippen molar-refractivity contribution in [2.24, 2.45) is 21.6 Å². The summed E-state index contributed by atoms with van der Waals surface area (Å²) in [6.45, 7) is 0. The standard InChI is InChI=1S/C9H9Cl2N5/c10-6-3-1-2-5(7(6)11)9(13)4-14-16-8(12)15-9/h1-4H,13H2,(H3,12,15,16). The van der Waals surface area contributed by atoms with Crippen LogP contribution in [0.2, 0.25) is 10.0 Å². The number of rotatable bonds is 1. The van der Waals surface area contributed by atoms with Gasteiger partial charge in [-0.15, -0.1) is 0 Å². The van der Waals surface area contributed by atoms with Gasteiger partial charge in [-0.1, -0.05) is 35.3 Å². The van der Waals surface area contributed by atoms with Crippen LogP contribution in [0.1, 0.15) is 5.56 Å². The van der Waals surface area contributed by atoms with Crippen LogP contribution >= 0.6 is 23.2 Å². The highest BCUT2D eigenvalue weighted by Gasteiger charge is 2.30. The van der Waals surface area contributed by atoms with Gasteiger partial charge in [0.2, 0.25) is 5.96 Å². The Morgan fingerprint density at radius 2 is 2.06 bits per heavy atom. The molecule has 0 aromatic heterocycles. The molecule has 7 heteroatoms. The number of nitrogens with two attached hydrogens (primary N) is 2. The fourth-order valence-corrected chi connectivity index (χ4v) is 1.84. The smallest absolute Gasteiger partial charge is 0.212 e. The maximum atomic E-state index is 6.06. The second-order valence-electron chi connectivity index (χ2n) is 3.29.